The van der Waals surface area contributed by atoms with Crippen molar-refractivity contribution in [1.82, 2.24) is 0 Å². The van der Waals surface area contributed by atoms with Crippen LogP contribution in [0.2, 0.25) is 0 Å². The minimum Gasteiger partial charge on any atom is -0.872 e. The second-order valence-corrected chi connectivity index (χ2v) is 6.81. The fourth-order valence-electron chi connectivity index (χ4n) is 3.17. The fourth-order valence-corrected chi connectivity index (χ4v) is 3.17. The molecule has 1 N–H and O–H groups in total. The molecular weight excluding hydrogens is 346 g/mol. The zero-order valence-corrected chi connectivity index (χ0v) is 16.1. The van der Waals surface area contributed by atoms with Gasteiger partial charge in [-0.15, -0.1) is 0 Å². The van der Waals surface area contributed by atoms with Gasteiger partial charge in [0, 0.05) is 17.2 Å². The van der Waals surface area contributed by atoms with E-state index in [9.17, 15) is 9.90 Å². The molecular formula is C21H23NO5. The van der Waals surface area contributed by atoms with E-state index >= 15 is 0 Å². The first kappa shape index (κ1) is 18.8. The third-order valence-electron chi connectivity index (χ3n) is 4.46. The largest absolute Gasteiger partial charge is 0.872 e. The Balaban J connectivity index is 2.07. The van der Waals surface area contributed by atoms with Crippen LogP contribution in [0.25, 0.3) is 6.08 Å². The molecule has 0 fully saturated rings. The highest BCUT2D eigenvalue weighted by atomic mass is 16.5. The van der Waals surface area contributed by atoms with E-state index < -0.39 is 0 Å². The van der Waals surface area contributed by atoms with Crippen LogP contribution >= 0.6 is 0 Å². The maximum atomic E-state index is 12.9. The molecule has 0 atom stereocenters. The van der Waals surface area contributed by atoms with Gasteiger partial charge in [0.05, 0.1) is 33.9 Å². The molecule has 27 heavy (non-hydrogen) atoms. The summed E-state index contributed by atoms with van der Waals surface area (Å²) < 4.78 is 16.5. The van der Waals surface area contributed by atoms with E-state index in [-0.39, 0.29) is 17.3 Å². The van der Waals surface area contributed by atoms with Crippen LogP contribution in [-0.4, -0.2) is 34.1 Å². The first-order valence-corrected chi connectivity index (χ1v) is 8.64. The average molecular weight is 369 g/mol. The third-order valence-corrected chi connectivity index (χ3v) is 4.46. The number of carbonyl (C=O) groups excluding carboxylic acids is 1. The number of Topliss-reactive ketones (excluding diaryl/α,β-unsaturated/α-hetero) is 1. The van der Waals surface area contributed by atoms with Crippen LogP contribution in [0.15, 0.2) is 30.0 Å². The summed E-state index contributed by atoms with van der Waals surface area (Å²) in [5, 5.41) is 12.4. The lowest BCUT2D eigenvalue weighted by Crippen LogP contribution is -3.04. The molecule has 1 heterocycles. The van der Waals surface area contributed by atoms with Crippen molar-refractivity contribution in [2.24, 2.45) is 0 Å². The molecule has 6 heteroatoms. The van der Waals surface area contributed by atoms with Crippen molar-refractivity contribution in [3.05, 3.63) is 52.3 Å². The van der Waals surface area contributed by atoms with Crippen LogP contribution < -0.4 is 24.2 Å². The van der Waals surface area contributed by atoms with Crippen molar-refractivity contribution in [3.63, 3.8) is 0 Å². The number of carbonyl (C=O) groups is 1. The molecule has 1 aliphatic rings. The smallest absolute Gasteiger partial charge is 0.232 e. The average Bonchev–Trinajstić information content (AvgIpc) is 2.95. The molecule has 0 aliphatic carbocycles. The third kappa shape index (κ3) is 3.48. The van der Waals surface area contributed by atoms with Crippen molar-refractivity contribution < 1.29 is 29.0 Å². The lowest BCUT2D eigenvalue weighted by molar-refractivity contribution is -0.872. The van der Waals surface area contributed by atoms with Crippen LogP contribution in [-0.2, 0) is 6.54 Å². The number of ketones is 1. The van der Waals surface area contributed by atoms with Crippen LogP contribution in [0.1, 0.15) is 27.0 Å². The van der Waals surface area contributed by atoms with Crippen LogP contribution in [0, 0.1) is 6.92 Å². The summed E-state index contributed by atoms with van der Waals surface area (Å²) in [6.45, 7) is 2.23. The molecule has 3 rings (SSSR count). The second kappa shape index (κ2) is 7.32. The predicted octanol–water partition coefficient (Wildman–Crippen LogP) is 1.35. The number of aryl methyl sites for hydroxylation is 1. The van der Waals surface area contributed by atoms with Gasteiger partial charge < -0.3 is 24.2 Å². The zero-order valence-electron chi connectivity index (χ0n) is 16.1. The summed E-state index contributed by atoms with van der Waals surface area (Å²) in [7, 11) is 7.02. The van der Waals surface area contributed by atoms with Crippen LogP contribution in [0.3, 0.4) is 0 Å². The first-order valence-electron chi connectivity index (χ1n) is 8.64. The molecule has 142 valence electrons. The van der Waals surface area contributed by atoms with Gasteiger partial charge in [-0.3, -0.25) is 4.79 Å². The summed E-state index contributed by atoms with van der Waals surface area (Å²) >= 11 is 0. The summed E-state index contributed by atoms with van der Waals surface area (Å²) in [5.41, 5.74) is 2.30. The molecule has 0 aromatic heterocycles. The van der Waals surface area contributed by atoms with E-state index in [1.807, 2.05) is 14.1 Å². The Kier molecular flexibility index (Phi) is 5.10. The minimum absolute atomic E-state index is 0.108. The molecule has 2 aromatic carbocycles. The number of methoxy groups -OCH3 is 2. The van der Waals surface area contributed by atoms with Gasteiger partial charge in [0.15, 0.2) is 5.76 Å². The van der Waals surface area contributed by atoms with E-state index in [0.717, 1.165) is 4.90 Å². The summed E-state index contributed by atoms with van der Waals surface area (Å²) in [6.07, 6.45) is 1.64. The van der Waals surface area contributed by atoms with Gasteiger partial charge in [0.25, 0.3) is 0 Å². The summed E-state index contributed by atoms with van der Waals surface area (Å²) in [4.78, 5) is 14.0. The lowest BCUT2D eigenvalue weighted by atomic mass is 9.99. The molecule has 2 aromatic rings. The summed E-state index contributed by atoms with van der Waals surface area (Å²) in [6, 6.07) is 6.82. The molecule has 0 spiro atoms. The van der Waals surface area contributed by atoms with Crippen molar-refractivity contribution in [2.75, 3.05) is 28.3 Å². The van der Waals surface area contributed by atoms with Gasteiger partial charge in [-0.1, -0.05) is 11.8 Å². The Morgan fingerprint density at radius 1 is 1.19 bits per heavy atom. The van der Waals surface area contributed by atoms with Gasteiger partial charge in [-0.05, 0) is 30.7 Å². The van der Waals surface area contributed by atoms with E-state index in [0.29, 0.717) is 46.0 Å². The Morgan fingerprint density at radius 2 is 1.93 bits per heavy atom. The molecule has 0 radical (unpaired) electrons. The lowest BCUT2D eigenvalue weighted by Gasteiger charge is -2.19. The molecule has 0 saturated carbocycles. The SMILES string of the molecule is COc1ccc(C=C2Oc3c(C[NH+](C)C)c([O-])cc(C)c3C2=O)c(OC)c1. The minimum atomic E-state index is -0.227. The van der Waals surface area contributed by atoms with Crippen LogP contribution in [0.4, 0.5) is 0 Å². The van der Waals surface area contributed by atoms with Gasteiger partial charge in [-0.25, -0.2) is 0 Å². The molecule has 6 nitrogen and oxygen atoms in total. The predicted molar refractivity (Wildman–Crippen MR) is 99.6 cm³/mol. The van der Waals surface area contributed by atoms with Gasteiger partial charge in [0.2, 0.25) is 5.78 Å². The molecule has 0 amide bonds. The van der Waals surface area contributed by atoms with Crippen molar-refractivity contribution in [1.29, 1.82) is 0 Å². The first-order chi connectivity index (χ1) is 12.8. The normalized spacial score (nSPS) is 14.4. The Hall–Kier alpha value is -2.99. The zero-order chi connectivity index (χ0) is 19.7. The molecule has 0 unspecified atom stereocenters. The van der Waals surface area contributed by atoms with Gasteiger partial charge >= 0.3 is 0 Å². The monoisotopic (exact) mass is 369 g/mol. The highest BCUT2D eigenvalue weighted by Gasteiger charge is 2.32. The molecule has 1 aliphatic heterocycles. The quantitative estimate of drug-likeness (QED) is 0.806. The number of hydrogen-bond acceptors (Lipinski definition) is 5. The standard InChI is InChI=1S/C21H23NO5/c1-12-8-16(23)15(11-22(2)3)21-19(12)20(24)18(27-21)9-13-6-7-14(25-4)10-17(13)26-5/h6-10,23H,11H2,1-5H3. The molecule has 0 saturated heterocycles. The maximum Gasteiger partial charge on any atom is 0.232 e. The topological polar surface area (TPSA) is 72.3 Å². The highest BCUT2D eigenvalue weighted by Crippen LogP contribution is 2.41. The van der Waals surface area contributed by atoms with Crippen molar-refractivity contribution >= 4 is 11.9 Å². The van der Waals surface area contributed by atoms with E-state index in [1.165, 1.54) is 6.07 Å². The number of benzene rings is 2. The Morgan fingerprint density at radius 3 is 2.56 bits per heavy atom. The van der Waals surface area contributed by atoms with Crippen LogP contribution in [0.5, 0.6) is 23.0 Å². The van der Waals surface area contributed by atoms with E-state index in [1.54, 1.807) is 45.4 Å². The number of nitrogens with one attached hydrogen (secondary N) is 1. The number of fused-ring (bicyclic) bond motifs is 1. The van der Waals surface area contributed by atoms with E-state index in [4.69, 9.17) is 14.2 Å². The van der Waals surface area contributed by atoms with Crippen molar-refractivity contribution in [2.45, 2.75) is 13.5 Å². The number of rotatable bonds is 5. The number of hydrogen-bond donors (Lipinski definition) is 1. The molecule has 0 bridgehead atoms. The number of ether oxygens (including phenoxy) is 3. The maximum absolute atomic E-state index is 12.9. The second-order valence-electron chi connectivity index (χ2n) is 6.81. The van der Waals surface area contributed by atoms with Gasteiger partial charge in [-0.2, -0.15) is 0 Å². The fraction of sp³-hybridized carbons (Fsp3) is 0.286. The van der Waals surface area contributed by atoms with E-state index in [2.05, 4.69) is 0 Å². The van der Waals surface area contributed by atoms with Gasteiger partial charge in [0.1, 0.15) is 23.8 Å². The Bertz CT molecular complexity index is 931. The Labute approximate surface area is 158 Å². The summed E-state index contributed by atoms with van der Waals surface area (Å²) in [5.74, 6) is 1.44. The number of allylic oxidation sites excluding steroid dienone is 1. The number of quaternary nitrogens is 1. The highest BCUT2D eigenvalue weighted by molar-refractivity contribution is 6.16. The van der Waals surface area contributed by atoms with Crippen molar-refractivity contribution in [3.8, 4) is 23.0 Å².